The molecule has 8 nitrogen and oxygen atoms in total. The average molecular weight is 453 g/mol. The van der Waals surface area contributed by atoms with Gasteiger partial charge in [0.25, 0.3) is 11.8 Å². The molecule has 0 spiro atoms. The molecule has 0 saturated heterocycles. The highest BCUT2D eigenvalue weighted by atomic mass is 16.2. The summed E-state index contributed by atoms with van der Waals surface area (Å²) < 4.78 is 0. The maximum atomic E-state index is 12.3. The van der Waals surface area contributed by atoms with Gasteiger partial charge in [-0.15, -0.1) is 10.2 Å². The number of carbonyl (C=O) groups excluding carboxylic acids is 2. The molecular formula is C26H24N6O2. The van der Waals surface area contributed by atoms with Crippen LogP contribution in [0.4, 0.5) is 0 Å². The van der Waals surface area contributed by atoms with E-state index in [1.54, 1.807) is 24.3 Å². The Balaban J connectivity index is 1.49. The van der Waals surface area contributed by atoms with Crippen LogP contribution < -0.4 is 22.1 Å². The first kappa shape index (κ1) is 23.7. The fourth-order valence-electron chi connectivity index (χ4n) is 2.83. The van der Waals surface area contributed by atoms with Gasteiger partial charge in [-0.05, 0) is 28.8 Å². The zero-order valence-corrected chi connectivity index (χ0v) is 18.3. The molecule has 0 aliphatic carbocycles. The molecule has 0 aliphatic rings. The van der Waals surface area contributed by atoms with Gasteiger partial charge in [-0.25, -0.2) is 0 Å². The Morgan fingerprint density at radius 1 is 0.676 bits per heavy atom. The molecule has 0 fully saturated rings. The molecule has 0 unspecified atom stereocenters. The second-order valence-electron chi connectivity index (χ2n) is 6.99. The number of rotatable bonds is 6. The van der Waals surface area contributed by atoms with Crippen molar-refractivity contribution in [1.29, 1.82) is 0 Å². The predicted octanol–water partition coefficient (Wildman–Crippen LogP) is 3.01. The summed E-state index contributed by atoms with van der Waals surface area (Å²) in [5.74, 6) is -1.48. The number of carbonyl (C=O) groups is 2. The van der Waals surface area contributed by atoms with Crippen LogP contribution in [0, 0.1) is 0 Å². The lowest BCUT2D eigenvalue weighted by Gasteiger charge is -2.05. The van der Waals surface area contributed by atoms with Gasteiger partial charge in [0.15, 0.2) is 0 Å². The van der Waals surface area contributed by atoms with Crippen LogP contribution in [0.5, 0.6) is 0 Å². The third kappa shape index (κ3) is 7.61. The van der Waals surface area contributed by atoms with E-state index in [4.69, 9.17) is 11.5 Å². The molecule has 6 N–H and O–H groups in total. The van der Waals surface area contributed by atoms with Crippen LogP contribution in [0.2, 0.25) is 0 Å². The molecule has 0 aromatic heterocycles. The SMILES string of the molecule is NC(=NN=C(N)NC(=O)c1ccc(-c2ccccc2)cc1)NC(=O)C=CC=Cc1ccccc1. The first-order valence-electron chi connectivity index (χ1n) is 10.4. The van der Waals surface area contributed by atoms with Crippen molar-refractivity contribution < 1.29 is 9.59 Å². The molecule has 8 heteroatoms. The highest BCUT2D eigenvalue weighted by Gasteiger charge is 2.07. The second kappa shape index (κ2) is 12.2. The smallest absolute Gasteiger partial charge is 0.257 e. The third-order valence-electron chi connectivity index (χ3n) is 4.46. The van der Waals surface area contributed by atoms with Gasteiger partial charge in [-0.1, -0.05) is 91.0 Å². The van der Waals surface area contributed by atoms with Crippen LogP contribution in [0.15, 0.2) is 113 Å². The zero-order valence-electron chi connectivity index (χ0n) is 18.3. The summed E-state index contributed by atoms with van der Waals surface area (Å²) in [6, 6.07) is 26.5. The van der Waals surface area contributed by atoms with Gasteiger partial charge in [0.05, 0.1) is 0 Å². The van der Waals surface area contributed by atoms with E-state index in [0.29, 0.717) is 5.56 Å². The van der Waals surface area contributed by atoms with Crippen LogP contribution in [-0.2, 0) is 4.79 Å². The van der Waals surface area contributed by atoms with Crippen LogP contribution in [0.3, 0.4) is 0 Å². The summed E-state index contributed by atoms with van der Waals surface area (Å²) in [6.45, 7) is 0. The van der Waals surface area contributed by atoms with Crippen molar-refractivity contribution in [1.82, 2.24) is 10.6 Å². The molecular weight excluding hydrogens is 428 g/mol. The van der Waals surface area contributed by atoms with Crippen molar-refractivity contribution in [3.63, 3.8) is 0 Å². The van der Waals surface area contributed by atoms with Gasteiger partial charge in [0, 0.05) is 11.6 Å². The van der Waals surface area contributed by atoms with Crippen LogP contribution in [-0.4, -0.2) is 23.7 Å². The maximum absolute atomic E-state index is 12.3. The quantitative estimate of drug-likeness (QED) is 0.150. The first-order chi connectivity index (χ1) is 16.5. The summed E-state index contributed by atoms with van der Waals surface area (Å²) in [6.07, 6.45) is 6.43. The lowest BCUT2D eigenvalue weighted by molar-refractivity contribution is -0.115. The lowest BCUT2D eigenvalue weighted by Crippen LogP contribution is -2.38. The van der Waals surface area contributed by atoms with Crippen molar-refractivity contribution in [3.8, 4) is 11.1 Å². The van der Waals surface area contributed by atoms with Crippen molar-refractivity contribution in [2.24, 2.45) is 21.7 Å². The molecule has 3 aromatic carbocycles. The number of allylic oxidation sites excluding steroid dienone is 2. The van der Waals surface area contributed by atoms with E-state index in [9.17, 15) is 9.59 Å². The minimum Gasteiger partial charge on any atom is -0.368 e. The van der Waals surface area contributed by atoms with Gasteiger partial charge in [-0.3, -0.25) is 20.2 Å². The summed E-state index contributed by atoms with van der Waals surface area (Å²) in [7, 11) is 0. The molecule has 2 amide bonds. The topological polar surface area (TPSA) is 135 Å². The van der Waals surface area contributed by atoms with Crippen LogP contribution >= 0.6 is 0 Å². The van der Waals surface area contributed by atoms with Crippen molar-refractivity contribution in [3.05, 3.63) is 114 Å². The fraction of sp³-hybridized carbons (Fsp3) is 0. The molecule has 0 saturated carbocycles. The van der Waals surface area contributed by atoms with Gasteiger partial charge < -0.3 is 11.5 Å². The Hall–Kier alpha value is -4.98. The van der Waals surface area contributed by atoms with E-state index in [2.05, 4.69) is 20.8 Å². The fourth-order valence-corrected chi connectivity index (χ4v) is 2.83. The van der Waals surface area contributed by atoms with Crippen molar-refractivity contribution in [2.45, 2.75) is 0 Å². The Morgan fingerprint density at radius 3 is 1.88 bits per heavy atom. The minimum absolute atomic E-state index is 0.268. The van der Waals surface area contributed by atoms with Gasteiger partial charge in [0.1, 0.15) is 0 Å². The number of nitrogens with two attached hydrogens (primary N) is 2. The molecule has 0 radical (unpaired) electrons. The molecule has 0 bridgehead atoms. The summed E-state index contributed by atoms with van der Waals surface area (Å²) in [5.41, 5.74) is 14.7. The largest absolute Gasteiger partial charge is 0.368 e. The Morgan fingerprint density at radius 2 is 1.24 bits per heavy atom. The number of hydrogen-bond donors (Lipinski definition) is 4. The lowest BCUT2D eigenvalue weighted by atomic mass is 10.0. The van der Waals surface area contributed by atoms with E-state index in [1.165, 1.54) is 6.08 Å². The van der Waals surface area contributed by atoms with E-state index < -0.39 is 11.8 Å². The van der Waals surface area contributed by atoms with Gasteiger partial charge in [-0.2, -0.15) is 0 Å². The first-order valence-corrected chi connectivity index (χ1v) is 10.4. The molecule has 34 heavy (non-hydrogen) atoms. The predicted molar refractivity (Wildman–Crippen MR) is 135 cm³/mol. The Bertz CT molecular complexity index is 1230. The van der Waals surface area contributed by atoms with Crippen molar-refractivity contribution in [2.75, 3.05) is 0 Å². The summed E-state index contributed by atoms with van der Waals surface area (Å²) >= 11 is 0. The number of guanidine groups is 2. The standard InChI is InChI=1S/C26H24N6O2/c27-25(29-23(33)14-8-7-11-19-9-3-1-4-10-19)31-32-26(28)30-24(34)22-17-15-21(16-18-22)20-12-5-2-6-13-20/h1-18H,(H3,27,29,31,33)(H3,28,30,32,34). The Kier molecular flexibility index (Phi) is 8.47. The highest BCUT2D eigenvalue weighted by molar-refractivity contribution is 6.06. The molecule has 170 valence electrons. The van der Waals surface area contributed by atoms with E-state index >= 15 is 0 Å². The number of benzene rings is 3. The van der Waals surface area contributed by atoms with Crippen molar-refractivity contribution >= 4 is 29.8 Å². The normalized spacial score (nSPS) is 12.1. The summed E-state index contributed by atoms with van der Waals surface area (Å²) in [4.78, 5) is 24.2. The highest BCUT2D eigenvalue weighted by Crippen LogP contribution is 2.19. The zero-order chi connectivity index (χ0) is 24.2. The van der Waals surface area contributed by atoms with E-state index in [1.807, 2.05) is 78.9 Å². The molecule has 0 atom stereocenters. The number of nitrogens with one attached hydrogen (secondary N) is 2. The number of hydrogen-bond acceptors (Lipinski definition) is 4. The monoisotopic (exact) mass is 452 g/mol. The van der Waals surface area contributed by atoms with E-state index in [0.717, 1.165) is 16.7 Å². The molecule has 3 rings (SSSR count). The molecule has 0 heterocycles. The van der Waals surface area contributed by atoms with E-state index in [-0.39, 0.29) is 11.9 Å². The molecule has 0 aliphatic heterocycles. The third-order valence-corrected chi connectivity index (χ3v) is 4.46. The maximum Gasteiger partial charge on any atom is 0.257 e. The van der Waals surface area contributed by atoms with Gasteiger partial charge >= 0.3 is 0 Å². The number of amides is 2. The molecule has 3 aromatic rings. The van der Waals surface area contributed by atoms with Gasteiger partial charge in [0.2, 0.25) is 11.9 Å². The number of nitrogens with zero attached hydrogens (tertiary/aromatic N) is 2. The average Bonchev–Trinajstić information content (AvgIpc) is 2.86. The second-order valence-corrected chi connectivity index (χ2v) is 6.99. The summed E-state index contributed by atoms with van der Waals surface area (Å²) in [5, 5.41) is 12.0. The van der Waals surface area contributed by atoms with Crippen LogP contribution in [0.25, 0.3) is 17.2 Å². The Labute approximate surface area is 197 Å². The minimum atomic E-state index is -0.490. The van der Waals surface area contributed by atoms with Crippen LogP contribution in [0.1, 0.15) is 15.9 Å².